The third-order valence-corrected chi connectivity index (χ3v) is 3.78. The number of aryl methyl sites for hydroxylation is 1. The lowest BCUT2D eigenvalue weighted by molar-refractivity contribution is 0.630. The summed E-state index contributed by atoms with van der Waals surface area (Å²) < 4.78 is 16.0. The summed E-state index contributed by atoms with van der Waals surface area (Å²) >= 11 is 0. The van der Waals surface area contributed by atoms with Crippen molar-refractivity contribution >= 4 is 5.65 Å². The maximum Gasteiger partial charge on any atom is 0.155 e. The van der Waals surface area contributed by atoms with Crippen molar-refractivity contribution in [2.45, 2.75) is 6.92 Å². The highest BCUT2D eigenvalue weighted by Gasteiger charge is 2.13. The van der Waals surface area contributed by atoms with Crippen molar-refractivity contribution in [3.8, 4) is 22.4 Å². The summed E-state index contributed by atoms with van der Waals surface area (Å²) in [6.07, 6.45) is 5.01. The topological polar surface area (TPSA) is 43.1 Å². The molecule has 3 aromatic heterocycles. The predicted octanol–water partition coefficient (Wildman–Crippen LogP) is 3.91. The van der Waals surface area contributed by atoms with Crippen LogP contribution in [0.3, 0.4) is 0 Å². The summed E-state index contributed by atoms with van der Waals surface area (Å²) in [5.74, 6) is -0.279. The normalized spacial score (nSPS) is 11.0. The molecule has 0 spiro atoms. The lowest BCUT2D eigenvalue weighted by Crippen LogP contribution is -1.94. The molecule has 1 aromatic carbocycles. The molecule has 23 heavy (non-hydrogen) atoms. The highest BCUT2D eigenvalue weighted by Crippen LogP contribution is 2.32. The average molecular weight is 304 g/mol. The average Bonchev–Trinajstić information content (AvgIpc) is 3.05. The highest BCUT2D eigenvalue weighted by atomic mass is 19.1. The van der Waals surface area contributed by atoms with Gasteiger partial charge in [0.25, 0.3) is 0 Å². The fraction of sp³-hybridized carbons (Fsp3) is 0.0556. The maximum atomic E-state index is 14.3. The van der Waals surface area contributed by atoms with Gasteiger partial charge in [0.15, 0.2) is 5.65 Å². The second kappa shape index (κ2) is 5.28. The van der Waals surface area contributed by atoms with E-state index in [1.165, 1.54) is 12.4 Å². The zero-order valence-corrected chi connectivity index (χ0v) is 12.4. The van der Waals surface area contributed by atoms with E-state index in [2.05, 4.69) is 15.1 Å². The zero-order chi connectivity index (χ0) is 15.8. The Kier molecular flexibility index (Phi) is 3.12. The van der Waals surface area contributed by atoms with Crippen molar-refractivity contribution in [1.29, 1.82) is 0 Å². The molecule has 0 amide bonds. The van der Waals surface area contributed by atoms with Gasteiger partial charge in [-0.15, -0.1) is 0 Å². The number of hydrogen-bond acceptors (Lipinski definition) is 3. The molecule has 0 bridgehead atoms. The van der Waals surface area contributed by atoms with E-state index in [-0.39, 0.29) is 5.82 Å². The minimum absolute atomic E-state index is 0.279. The van der Waals surface area contributed by atoms with Crippen LogP contribution in [0.5, 0.6) is 0 Å². The van der Waals surface area contributed by atoms with Gasteiger partial charge in [-0.2, -0.15) is 5.10 Å². The monoisotopic (exact) mass is 304 g/mol. The van der Waals surface area contributed by atoms with Crippen LogP contribution in [0, 0.1) is 12.7 Å². The minimum atomic E-state index is -0.279. The third-order valence-electron chi connectivity index (χ3n) is 3.78. The SMILES string of the molecule is Cc1ccc(F)c(-c2ncccc2-c2ccn3ncnc3c2)c1. The van der Waals surface area contributed by atoms with Crippen LogP contribution in [0.4, 0.5) is 4.39 Å². The summed E-state index contributed by atoms with van der Waals surface area (Å²) in [6.45, 7) is 1.94. The molecule has 4 aromatic rings. The number of pyridine rings is 2. The first-order valence-corrected chi connectivity index (χ1v) is 7.24. The van der Waals surface area contributed by atoms with Gasteiger partial charge in [0.2, 0.25) is 0 Å². The van der Waals surface area contributed by atoms with Crippen LogP contribution < -0.4 is 0 Å². The van der Waals surface area contributed by atoms with Gasteiger partial charge in [-0.1, -0.05) is 17.7 Å². The van der Waals surface area contributed by atoms with Gasteiger partial charge >= 0.3 is 0 Å². The molecule has 0 unspecified atom stereocenters. The lowest BCUT2D eigenvalue weighted by atomic mass is 9.98. The van der Waals surface area contributed by atoms with E-state index < -0.39 is 0 Å². The number of halogens is 1. The molecule has 0 aliphatic carbocycles. The van der Waals surface area contributed by atoms with Gasteiger partial charge in [0, 0.05) is 23.5 Å². The van der Waals surface area contributed by atoms with Crippen LogP contribution in [0.25, 0.3) is 28.0 Å². The second-order valence-electron chi connectivity index (χ2n) is 5.36. The molecule has 0 radical (unpaired) electrons. The fourth-order valence-electron chi connectivity index (χ4n) is 2.66. The largest absolute Gasteiger partial charge is 0.255 e. The standard InChI is InChI=1S/C18H13FN4/c1-12-4-5-16(19)15(9-12)18-14(3-2-7-20-18)13-6-8-23-17(10-13)21-11-22-23/h2-11H,1H3. The highest BCUT2D eigenvalue weighted by molar-refractivity contribution is 5.82. The van der Waals surface area contributed by atoms with Gasteiger partial charge in [0.05, 0.1) is 5.69 Å². The summed E-state index contributed by atoms with van der Waals surface area (Å²) in [6, 6.07) is 12.7. The smallest absolute Gasteiger partial charge is 0.155 e. The molecule has 0 atom stereocenters. The number of benzene rings is 1. The predicted molar refractivity (Wildman–Crippen MR) is 86.3 cm³/mol. The summed E-state index contributed by atoms with van der Waals surface area (Å²) in [5, 5.41) is 4.09. The Morgan fingerprint density at radius 1 is 1.00 bits per heavy atom. The van der Waals surface area contributed by atoms with Crippen molar-refractivity contribution in [3.63, 3.8) is 0 Å². The first-order chi connectivity index (χ1) is 11.2. The number of nitrogens with zero attached hydrogens (tertiary/aromatic N) is 4. The molecular weight excluding hydrogens is 291 g/mol. The first kappa shape index (κ1) is 13.6. The van der Waals surface area contributed by atoms with Crippen LogP contribution in [-0.4, -0.2) is 19.6 Å². The Morgan fingerprint density at radius 3 is 2.83 bits per heavy atom. The van der Waals surface area contributed by atoms with Crippen molar-refractivity contribution in [3.05, 3.63) is 72.6 Å². The number of rotatable bonds is 2. The summed E-state index contributed by atoms with van der Waals surface area (Å²) in [7, 11) is 0. The lowest BCUT2D eigenvalue weighted by Gasteiger charge is -2.10. The Balaban J connectivity index is 1.94. The molecule has 112 valence electrons. The molecule has 0 N–H and O–H groups in total. The van der Waals surface area contributed by atoms with E-state index in [0.717, 1.165) is 22.3 Å². The van der Waals surface area contributed by atoms with E-state index in [1.54, 1.807) is 16.8 Å². The van der Waals surface area contributed by atoms with Crippen LogP contribution in [-0.2, 0) is 0 Å². The molecule has 3 heterocycles. The minimum Gasteiger partial charge on any atom is -0.255 e. The molecule has 0 saturated carbocycles. The van der Waals surface area contributed by atoms with Gasteiger partial charge in [-0.25, -0.2) is 13.9 Å². The molecule has 0 fully saturated rings. The Labute approximate surface area is 132 Å². The maximum absolute atomic E-state index is 14.3. The Bertz CT molecular complexity index is 1010. The van der Waals surface area contributed by atoms with E-state index in [9.17, 15) is 4.39 Å². The number of aromatic nitrogens is 4. The number of hydrogen-bond donors (Lipinski definition) is 0. The molecule has 0 aliphatic rings. The summed E-state index contributed by atoms with van der Waals surface area (Å²) in [5.41, 5.74) is 4.64. The molecule has 0 saturated heterocycles. The summed E-state index contributed by atoms with van der Waals surface area (Å²) in [4.78, 5) is 8.61. The van der Waals surface area contributed by atoms with E-state index in [0.29, 0.717) is 11.3 Å². The third kappa shape index (κ3) is 2.36. The van der Waals surface area contributed by atoms with Crippen LogP contribution in [0.1, 0.15) is 5.56 Å². The molecule has 0 aliphatic heterocycles. The van der Waals surface area contributed by atoms with E-state index in [1.807, 2.05) is 43.5 Å². The Hall–Kier alpha value is -3.08. The second-order valence-corrected chi connectivity index (χ2v) is 5.36. The van der Waals surface area contributed by atoms with Crippen LogP contribution in [0.15, 0.2) is 61.2 Å². The zero-order valence-electron chi connectivity index (χ0n) is 12.4. The van der Waals surface area contributed by atoms with Gasteiger partial charge in [0.1, 0.15) is 12.1 Å². The van der Waals surface area contributed by atoms with Crippen molar-refractivity contribution in [2.75, 3.05) is 0 Å². The molecule has 5 heteroatoms. The quantitative estimate of drug-likeness (QED) is 0.564. The fourth-order valence-corrected chi connectivity index (χ4v) is 2.66. The molecular formula is C18H13FN4. The van der Waals surface area contributed by atoms with Crippen LogP contribution >= 0.6 is 0 Å². The van der Waals surface area contributed by atoms with Crippen molar-refractivity contribution in [2.24, 2.45) is 0 Å². The molecule has 4 nitrogen and oxygen atoms in total. The molecule has 4 rings (SSSR count). The first-order valence-electron chi connectivity index (χ1n) is 7.24. The number of fused-ring (bicyclic) bond motifs is 1. The van der Waals surface area contributed by atoms with Crippen molar-refractivity contribution < 1.29 is 4.39 Å². The van der Waals surface area contributed by atoms with Crippen LogP contribution in [0.2, 0.25) is 0 Å². The van der Waals surface area contributed by atoms with E-state index in [4.69, 9.17) is 0 Å². The Morgan fingerprint density at radius 2 is 1.91 bits per heavy atom. The van der Waals surface area contributed by atoms with Gasteiger partial charge in [-0.05, 0) is 42.8 Å². The van der Waals surface area contributed by atoms with Gasteiger partial charge in [-0.3, -0.25) is 4.98 Å². The van der Waals surface area contributed by atoms with Gasteiger partial charge < -0.3 is 0 Å². The van der Waals surface area contributed by atoms with Crippen molar-refractivity contribution in [1.82, 2.24) is 19.6 Å². The van der Waals surface area contributed by atoms with E-state index >= 15 is 0 Å².